The Balaban J connectivity index is 1.84. The molecular formula is C22H22N2O2. The van der Waals surface area contributed by atoms with Crippen LogP contribution in [0.15, 0.2) is 60.7 Å². The number of hydrogen-bond acceptors (Lipinski definition) is 2. The lowest BCUT2D eigenvalue weighted by Gasteiger charge is -2.23. The molecule has 0 bridgehead atoms. The topological polar surface area (TPSA) is 48.1 Å². The van der Waals surface area contributed by atoms with E-state index in [0.29, 0.717) is 0 Å². The summed E-state index contributed by atoms with van der Waals surface area (Å²) < 4.78 is 2.44. The van der Waals surface area contributed by atoms with Crippen molar-refractivity contribution in [3.8, 4) is 11.3 Å². The minimum absolute atomic E-state index is 0.132. The molecule has 26 heavy (non-hydrogen) atoms. The maximum Gasteiger partial charge on any atom is 0.269 e. The normalized spacial score (nSPS) is 14.7. The first-order valence-electron chi connectivity index (χ1n) is 9.18. The van der Waals surface area contributed by atoms with Crippen LogP contribution in [0, 0.1) is 10.1 Å². The Bertz CT molecular complexity index is 927. The molecule has 0 fully saturated rings. The standard InChI is InChI=1S/C22H22N2O2/c1-16(17-7-3-2-4-8-17)23-21-10-6-5-9-19(21)15-22(23)18-11-13-20(14-12-18)24(25)26/h2-4,7-8,11-16H,5-6,9-10H2,1H3/t16-/m0/s1. The van der Waals surface area contributed by atoms with Crippen LogP contribution in [0.4, 0.5) is 5.69 Å². The van der Waals surface area contributed by atoms with Crippen LogP contribution in [0.25, 0.3) is 11.3 Å². The van der Waals surface area contributed by atoms with Crippen molar-refractivity contribution in [3.05, 3.63) is 87.6 Å². The molecule has 2 aromatic carbocycles. The third kappa shape index (κ3) is 2.92. The van der Waals surface area contributed by atoms with E-state index < -0.39 is 0 Å². The lowest BCUT2D eigenvalue weighted by molar-refractivity contribution is -0.384. The number of fused-ring (bicyclic) bond motifs is 1. The van der Waals surface area contributed by atoms with Crippen LogP contribution in [0.2, 0.25) is 0 Å². The summed E-state index contributed by atoms with van der Waals surface area (Å²) in [5, 5.41) is 11.0. The lowest BCUT2D eigenvalue weighted by atomic mass is 9.97. The van der Waals surface area contributed by atoms with Crippen molar-refractivity contribution >= 4 is 5.69 Å². The number of hydrogen-bond donors (Lipinski definition) is 0. The molecule has 0 spiro atoms. The largest absolute Gasteiger partial charge is 0.337 e. The Hall–Kier alpha value is -2.88. The second kappa shape index (κ2) is 6.79. The third-order valence-electron chi connectivity index (χ3n) is 5.38. The van der Waals surface area contributed by atoms with Gasteiger partial charge in [0.15, 0.2) is 0 Å². The van der Waals surface area contributed by atoms with Crippen LogP contribution < -0.4 is 0 Å². The zero-order chi connectivity index (χ0) is 18.1. The molecule has 0 radical (unpaired) electrons. The van der Waals surface area contributed by atoms with Crippen molar-refractivity contribution in [3.63, 3.8) is 0 Å². The van der Waals surface area contributed by atoms with E-state index in [1.807, 2.05) is 18.2 Å². The summed E-state index contributed by atoms with van der Waals surface area (Å²) in [4.78, 5) is 10.6. The van der Waals surface area contributed by atoms with Gasteiger partial charge in [0.2, 0.25) is 0 Å². The minimum Gasteiger partial charge on any atom is -0.337 e. The maximum atomic E-state index is 11.0. The van der Waals surface area contributed by atoms with Gasteiger partial charge < -0.3 is 4.57 Å². The maximum absolute atomic E-state index is 11.0. The number of nitrogens with zero attached hydrogens (tertiary/aromatic N) is 2. The van der Waals surface area contributed by atoms with Gasteiger partial charge in [-0.25, -0.2) is 0 Å². The molecule has 1 heterocycles. The van der Waals surface area contributed by atoms with Gasteiger partial charge in [0, 0.05) is 23.5 Å². The van der Waals surface area contributed by atoms with Crippen LogP contribution in [-0.2, 0) is 12.8 Å². The van der Waals surface area contributed by atoms with Gasteiger partial charge >= 0.3 is 0 Å². The summed E-state index contributed by atoms with van der Waals surface area (Å²) in [5.41, 5.74) is 6.44. The number of nitro benzene ring substituents is 1. The van der Waals surface area contributed by atoms with Crippen molar-refractivity contribution in [2.75, 3.05) is 0 Å². The Kier molecular flexibility index (Phi) is 4.33. The summed E-state index contributed by atoms with van der Waals surface area (Å²) in [6.07, 6.45) is 4.66. The van der Waals surface area contributed by atoms with Crippen molar-refractivity contribution in [1.82, 2.24) is 4.57 Å². The fraction of sp³-hybridized carbons (Fsp3) is 0.273. The first-order valence-corrected chi connectivity index (χ1v) is 9.18. The van der Waals surface area contributed by atoms with E-state index in [9.17, 15) is 10.1 Å². The third-order valence-corrected chi connectivity index (χ3v) is 5.38. The average Bonchev–Trinajstić information content (AvgIpc) is 3.07. The summed E-state index contributed by atoms with van der Waals surface area (Å²) in [7, 11) is 0. The molecule has 1 aromatic heterocycles. The Labute approximate surface area is 153 Å². The molecule has 1 atom stereocenters. The quantitative estimate of drug-likeness (QED) is 0.459. The number of aryl methyl sites for hydroxylation is 1. The van der Waals surface area contributed by atoms with E-state index in [-0.39, 0.29) is 16.7 Å². The first-order chi connectivity index (χ1) is 12.6. The molecule has 0 saturated carbocycles. The van der Waals surface area contributed by atoms with E-state index >= 15 is 0 Å². The first kappa shape index (κ1) is 16.6. The summed E-state index contributed by atoms with van der Waals surface area (Å²) in [6.45, 7) is 2.24. The molecule has 132 valence electrons. The summed E-state index contributed by atoms with van der Waals surface area (Å²) in [6, 6.07) is 20.0. The fourth-order valence-corrected chi connectivity index (χ4v) is 4.02. The number of aromatic nitrogens is 1. The average molecular weight is 346 g/mol. The van der Waals surface area contributed by atoms with Crippen LogP contribution >= 0.6 is 0 Å². The molecule has 0 amide bonds. The van der Waals surface area contributed by atoms with Gasteiger partial charge in [-0.15, -0.1) is 0 Å². The highest BCUT2D eigenvalue weighted by Gasteiger charge is 2.23. The van der Waals surface area contributed by atoms with Gasteiger partial charge in [0.05, 0.1) is 11.0 Å². The molecule has 1 aliphatic carbocycles. The van der Waals surface area contributed by atoms with Crippen molar-refractivity contribution in [2.24, 2.45) is 0 Å². The molecule has 0 N–H and O–H groups in total. The Morgan fingerprint density at radius 1 is 1.00 bits per heavy atom. The predicted molar refractivity (Wildman–Crippen MR) is 103 cm³/mol. The molecule has 4 nitrogen and oxygen atoms in total. The SMILES string of the molecule is C[C@@H](c1ccccc1)n1c(-c2ccc([N+](=O)[O-])cc2)cc2c1CCCC2. The summed E-state index contributed by atoms with van der Waals surface area (Å²) in [5.74, 6) is 0. The number of rotatable bonds is 4. The second-order valence-corrected chi connectivity index (χ2v) is 6.97. The van der Waals surface area contributed by atoms with Gasteiger partial charge in [-0.3, -0.25) is 10.1 Å². The van der Waals surface area contributed by atoms with E-state index in [1.165, 1.54) is 29.7 Å². The second-order valence-electron chi connectivity index (χ2n) is 6.97. The highest BCUT2D eigenvalue weighted by atomic mass is 16.6. The minimum atomic E-state index is -0.347. The molecule has 4 rings (SSSR count). The molecule has 4 heteroatoms. The predicted octanol–water partition coefficient (Wildman–Crippen LogP) is 5.55. The number of benzene rings is 2. The fourth-order valence-electron chi connectivity index (χ4n) is 4.02. The van der Waals surface area contributed by atoms with Gasteiger partial charge in [-0.2, -0.15) is 0 Å². The monoisotopic (exact) mass is 346 g/mol. The zero-order valence-corrected chi connectivity index (χ0v) is 14.9. The van der Waals surface area contributed by atoms with Gasteiger partial charge in [-0.05, 0) is 67.5 Å². The summed E-state index contributed by atoms with van der Waals surface area (Å²) >= 11 is 0. The molecular weight excluding hydrogens is 324 g/mol. The van der Waals surface area contributed by atoms with Crippen molar-refractivity contribution in [2.45, 2.75) is 38.6 Å². The Morgan fingerprint density at radius 3 is 2.38 bits per heavy atom. The van der Waals surface area contributed by atoms with Crippen LogP contribution in [-0.4, -0.2) is 9.49 Å². The van der Waals surface area contributed by atoms with Crippen LogP contribution in [0.5, 0.6) is 0 Å². The van der Waals surface area contributed by atoms with Crippen LogP contribution in [0.1, 0.15) is 42.6 Å². The van der Waals surface area contributed by atoms with E-state index in [1.54, 1.807) is 12.1 Å². The molecule has 0 saturated heterocycles. The van der Waals surface area contributed by atoms with E-state index in [2.05, 4.69) is 41.8 Å². The van der Waals surface area contributed by atoms with E-state index in [4.69, 9.17) is 0 Å². The van der Waals surface area contributed by atoms with Gasteiger partial charge in [0.25, 0.3) is 5.69 Å². The van der Waals surface area contributed by atoms with Crippen molar-refractivity contribution in [1.29, 1.82) is 0 Å². The van der Waals surface area contributed by atoms with Gasteiger partial charge in [-0.1, -0.05) is 30.3 Å². The molecule has 1 aliphatic rings. The zero-order valence-electron chi connectivity index (χ0n) is 14.9. The van der Waals surface area contributed by atoms with Crippen molar-refractivity contribution < 1.29 is 4.92 Å². The highest BCUT2D eigenvalue weighted by Crippen LogP contribution is 2.36. The number of non-ortho nitro benzene ring substituents is 1. The molecule has 0 unspecified atom stereocenters. The molecule has 3 aromatic rings. The van der Waals surface area contributed by atoms with Gasteiger partial charge in [0.1, 0.15) is 0 Å². The van der Waals surface area contributed by atoms with E-state index in [0.717, 1.165) is 24.1 Å². The Morgan fingerprint density at radius 2 is 1.69 bits per heavy atom. The highest BCUT2D eigenvalue weighted by molar-refractivity contribution is 5.65. The van der Waals surface area contributed by atoms with Crippen LogP contribution in [0.3, 0.4) is 0 Å². The number of nitro groups is 1. The molecule has 0 aliphatic heterocycles. The smallest absolute Gasteiger partial charge is 0.269 e. The lowest BCUT2D eigenvalue weighted by Crippen LogP contribution is -2.14.